The molecule has 12 heavy (non-hydrogen) atoms. The van der Waals surface area contributed by atoms with Gasteiger partial charge in [0.1, 0.15) is 6.04 Å². The van der Waals surface area contributed by atoms with Crippen molar-refractivity contribution in [2.45, 2.75) is 31.8 Å². The first-order valence-electron chi connectivity index (χ1n) is 4.60. The maximum Gasteiger partial charge on any atom is 0.110 e. The standard InChI is InChI=1S/C9H17N3/c1-8(9(7-10)11-2)12-5-3-4-6-12/h8-9,11H,3-6H2,1-2H3. The Morgan fingerprint density at radius 1 is 1.42 bits per heavy atom. The second kappa shape index (κ2) is 4.44. The molecule has 0 spiro atoms. The normalized spacial score (nSPS) is 23.4. The van der Waals surface area contributed by atoms with Gasteiger partial charge in [0.2, 0.25) is 0 Å². The predicted molar refractivity (Wildman–Crippen MR) is 48.7 cm³/mol. The average molecular weight is 167 g/mol. The van der Waals surface area contributed by atoms with E-state index in [0.717, 1.165) is 13.1 Å². The van der Waals surface area contributed by atoms with E-state index in [9.17, 15) is 0 Å². The fourth-order valence-corrected chi connectivity index (χ4v) is 1.77. The van der Waals surface area contributed by atoms with E-state index in [4.69, 9.17) is 5.26 Å². The summed E-state index contributed by atoms with van der Waals surface area (Å²) in [6.07, 6.45) is 2.57. The minimum atomic E-state index is -0.0249. The van der Waals surface area contributed by atoms with Crippen LogP contribution in [0, 0.1) is 11.3 Å². The molecule has 0 saturated carbocycles. The van der Waals surface area contributed by atoms with Gasteiger partial charge in [0.15, 0.2) is 0 Å². The molecule has 0 aliphatic carbocycles. The van der Waals surface area contributed by atoms with Gasteiger partial charge >= 0.3 is 0 Å². The second-order valence-electron chi connectivity index (χ2n) is 3.38. The highest BCUT2D eigenvalue weighted by Gasteiger charge is 2.24. The molecule has 0 amide bonds. The Morgan fingerprint density at radius 3 is 2.42 bits per heavy atom. The molecule has 1 N–H and O–H groups in total. The number of nitriles is 1. The van der Waals surface area contributed by atoms with E-state index in [-0.39, 0.29) is 6.04 Å². The third kappa shape index (κ3) is 1.96. The van der Waals surface area contributed by atoms with Crippen LogP contribution in [0.15, 0.2) is 0 Å². The number of nitrogens with one attached hydrogen (secondary N) is 1. The summed E-state index contributed by atoms with van der Waals surface area (Å²) in [6, 6.07) is 2.60. The van der Waals surface area contributed by atoms with Crippen molar-refractivity contribution in [1.29, 1.82) is 5.26 Å². The van der Waals surface area contributed by atoms with E-state index in [2.05, 4.69) is 23.2 Å². The van der Waals surface area contributed by atoms with Gasteiger partial charge in [0.25, 0.3) is 0 Å². The molecular formula is C9H17N3. The zero-order chi connectivity index (χ0) is 8.97. The first-order valence-corrected chi connectivity index (χ1v) is 4.60. The Kier molecular flexibility index (Phi) is 3.51. The van der Waals surface area contributed by atoms with E-state index >= 15 is 0 Å². The molecule has 68 valence electrons. The van der Waals surface area contributed by atoms with Crippen LogP contribution in [0.5, 0.6) is 0 Å². The van der Waals surface area contributed by atoms with E-state index in [0.29, 0.717) is 6.04 Å². The van der Waals surface area contributed by atoms with Gasteiger partial charge < -0.3 is 5.32 Å². The molecule has 0 aromatic carbocycles. The van der Waals surface area contributed by atoms with Gasteiger partial charge in [-0.25, -0.2) is 0 Å². The van der Waals surface area contributed by atoms with E-state index < -0.39 is 0 Å². The van der Waals surface area contributed by atoms with Crippen molar-refractivity contribution in [1.82, 2.24) is 10.2 Å². The predicted octanol–water partition coefficient (Wildman–Crippen LogP) is 0.582. The number of likely N-dealkylation sites (tertiary alicyclic amines) is 1. The first-order chi connectivity index (χ1) is 5.79. The largest absolute Gasteiger partial charge is 0.304 e. The van der Waals surface area contributed by atoms with Crippen LogP contribution < -0.4 is 5.32 Å². The molecule has 0 aromatic rings. The van der Waals surface area contributed by atoms with E-state index in [1.807, 2.05) is 7.05 Å². The summed E-state index contributed by atoms with van der Waals surface area (Å²) < 4.78 is 0. The van der Waals surface area contributed by atoms with E-state index in [1.165, 1.54) is 12.8 Å². The molecule has 3 heteroatoms. The number of hydrogen-bond acceptors (Lipinski definition) is 3. The number of hydrogen-bond donors (Lipinski definition) is 1. The number of likely N-dealkylation sites (N-methyl/N-ethyl adjacent to an activating group) is 1. The summed E-state index contributed by atoms with van der Waals surface area (Å²) in [6.45, 7) is 4.43. The molecule has 3 nitrogen and oxygen atoms in total. The van der Waals surface area contributed by atoms with E-state index in [1.54, 1.807) is 0 Å². The smallest absolute Gasteiger partial charge is 0.110 e. The molecule has 1 aliphatic heterocycles. The summed E-state index contributed by atoms with van der Waals surface area (Å²) in [5.41, 5.74) is 0. The summed E-state index contributed by atoms with van der Waals surface area (Å²) >= 11 is 0. The number of nitrogens with zero attached hydrogens (tertiary/aromatic N) is 2. The molecule has 0 radical (unpaired) electrons. The SMILES string of the molecule is CNC(C#N)C(C)N1CCCC1. The van der Waals surface area contributed by atoms with Crippen molar-refractivity contribution in [3.05, 3.63) is 0 Å². The van der Waals surface area contributed by atoms with Gasteiger partial charge in [0, 0.05) is 6.04 Å². The third-order valence-electron chi connectivity index (χ3n) is 2.65. The highest BCUT2D eigenvalue weighted by Crippen LogP contribution is 2.13. The van der Waals surface area contributed by atoms with Crippen molar-refractivity contribution >= 4 is 0 Å². The molecule has 1 aliphatic rings. The lowest BCUT2D eigenvalue weighted by Gasteiger charge is -2.27. The van der Waals surface area contributed by atoms with Crippen molar-refractivity contribution in [3.8, 4) is 6.07 Å². The van der Waals surface area contributed by atoms with Crippen LogP contribution in [0.1, 0.15) is 19.8 Å². The van der Waals surface area contributed by atoms with Gasteiger partial charge in [-0.3, -0.25) is 4.90 Å². The van der Waals surface area contributed by atoms with Gasteiger partial charge in [-0.15, -0.1) is 0 Å². The van der Waals surface area contributed by atoms with Gasteiger partial charge in [-0.1, -0.05) is 0 Å². The molecule has 1 heterocycles. The van der Waals surface area contributed by atoms with Crippen molar-refractivity contribution < 1.29 is 0 Å². The quantitative estimate of drug-likeness (QED) is 0.668. The summed E-state index contributed by atoms with van der Waals surface area (Å²) in [5.74, 6) is 0. The van der Waals surface area contributed by atoms with Crippen LogP contribution >= 0.6 is 0 Å². The maximum absolute atomic E-state index is 8.82. The second-order valence-corrected chi connectivity index (χ2v) is 3.38. The summed E-state index contributed by atoms with van der Waals surface area (Å²) in [5, 5.41) is 11.8. The molecule has 0 aromatic heterocycles. The minimum Gasteiger partial charge on any atom is -0.304 e. The maximum atomic E-state index is 8.82. The highest BCUT2D eigenvalue weighted by molar-refractivity contribution is 4.97. The molecular weight excluding hydrogens is 150 g/mol. The Bertz CT molecular complexity index is 167. The Morgan fingerprint density at radius 2 is 2.00 bits per heavy atom. The zero-order valence-corrected chi connectivity index (χ0v) is 7.88. The topological polar surface area (TPSA) is 39.1 Å². The van der Waals surface area contributed by atoms with Crippen LogP contribution in [-0.4, -0.2) is 37.1 Å². The molecule has 1 saturated heterocycles. The van der Waals surface area contributed by atoms with Crippen LogP contribution in [-0.2, 0) is 0 Å². The van der Waals surface area contributed by atoms with Crippen LogP contribution in [0.3, 0.4) is 0 Å². The first kappa shape index (κ1) is 9.50. The molecule has 2 unspecified atom stereocenters. The Balaban J connectivity index is 2.44. The Hall–Kier alpha value is -0.590. The summed E-state index contributed by atoms with van der Waals surface area (Å²) in [4.78, 5) is 2.38. The molecule has 1 fully saturated rings. The fraction of sp³-hybridized carbons (Fsp3) is 0.889. The molecule has 0 bridgehead atoms. The van der Waals surface area contributed by atoms with Crippen molar-refractivity contribution in [2.75, 3.05) is 20.1 Å². The lowest BCUT2D eigenvalue weighted by atomic mass is 10.1. The van der Waals surface area contributed by atoms with Crippen LogP contribution in [0.25, 0.3) is 0 Å². The van der Waals surface area contributed by atoms with Crippen LogP contribution in [0.4, 0.5) is 0 Å². The molecule has 1 rings (SSSR count). The lowest BCUT2D eigenvalue weighted by molar-refractivity contribution is 0.233. The van der Waals surface area contributed by atoms with Gasteiger partial charge in [0.05, 0.1) is 6.07 Å². The third-order valence-corrected chi connectivity index (χ3v) is 2.65. The van der Waals surface area contributed by atoms with Crippen LogP contribution in [0.2, 0.25) is 0 Å². The van der Waals surface area contributed by atoms with Gasteiger partial charge in [-0.2, -0.15) is 5.26 Å². The monoisotopic (exact) mass is 167 g/mol. The fourth-order valence-electron chi connectivity index (χ4n) is 1.77. The minimum absolute atomic E-state index is 0.0249. The van der Waals surface area contributed by atoms with Crippen molar-refractivity contribution in [2.24, 2.45) is 0 Å². The van der Waals surface area contributed by atoms with Crippen molar-refractivity contribution in [3.63, 3.8) is 0 Å². The highest BCUT2D eigenvalue weighted by atomic mass is 15.2. The summed E-state index contributed by atoms with van der Waals surface area (Å²) in [7, 11) is 1.85. The Labute approximate surface area is 74.4 Å². The zero-order valence-electron chi connectivity index (χ0n) is 7.88. The lowest BCUT2D eigenvalue weighted by Crippen LogP contribution is -2.45. The average Bonchev–Trinajstić information content (AvgIpc) is 2.58. The molecule has 2 atom stereocenters. The van der Waals surface area contributed by atoms with Gasteiger partial charge in [-0.05, 0) is 39.9 Å². The number of rotatable bonds is 3.